The molecule has 1 nitrogen and oxygen atoms in total. The van der Waals surface area contributed by atoms with E-state index < -0.39 is 0 Å². The van der Waals surface area contributed by atoms with Crippen LogP contribution in [0.3, 0.4) is 0 Å². The number of hydrogen-bond donors (Lipinski definition) is 0. The van der Waals surface area contributed by atoms with Crippen LogP contribution in [0, 0.1) is 23.2 Å². The van der Waals surface area contributed by atoms with Gasteiger partial charge in [-0.3, -0.25) is 0 Å². The van der Waals surface area contributed by atoms with Crippen molar-refractivity contribution in [1.82, 2.24) is 0 Å². The van der Waals surface area contributed by atoms with Crippen molar-refractivity contribution in [2.24, 2.45) is 28.2 Å². The summed E-state index contributed by atoms with van der Waals surface area (Å²) in [6, 6.07) is 0.358. The number of hydrogen-bond acceptors (Lipinski definition) is 2. The highest BCUT2D eigenvalue weighted by molar-refractivity contribution is 7.78. The van der Waals surface area contributed by atoms with Crippen LogP contribution in [0.5, 0.6) is 0 Å². The molecule has 0 saturated heterocycles. The van der Waals surface area contributed by atoms with Crippen molar-refractivity contribution in [1.29, 1.82) is 0 Å². The molecule has 2 aliphatic rings. The number of allylic oxidation sites excluding steroid dienone is 1. The molecular formula is C16H25NS. The fraction of sp³-hybridized carbons (Fsp3) is 0.812. The molecule has 4 atom stereocenters. The highest BCUT2D eigenvalue weighted by Gasteiger charge is 2.50. The summed E-state index contributed by atoms with van der Waals surface area (Å²) in [7, 11) is 0. The Kier molecular flexibility index (Phi) is 4.08. The summed E-state index contributed by atoms with van der Waals surface area (Å²) in [5, 5.41) is 2.69. The smallest absolute Gasteiger partial charge is 0.0726 e. The first-order chi connectivity index (χ1) is 8.51. The van der Waals surface area contributed by atoms with Gasteiger partial charge in [0.1, 0.15) is 0 Å². The molecule has 2 heteroatoms. The van der Waals surface area contributed by atoms with E-state index in [4.69, 9.17) is 12.2 Å². The molecule has 2 aliphatic carbocycles. The number of aliphatic imine (C=N–C) groups is 1. The fourth-order valence-corrected chi connectivity index (χ4v) is 4.28. The molecule has 100 valence electrons. The molecule has 1 saturated carbocycles. The van der Waals surface area contributed by atoms with Crippen molar-refractivity contribution >= 4 is 17.4 Å². The first-order valence-electron chi connectivity index (χ1n) is 7.26. The van der Waals surface area contributed by atoms with E-state index >= 15 is 0 Å². The van der Waals surface area contributed by atoms with Crippen LogP contribution < -0.4 is 0 Å². The Morgan fingerprint density at radius 2 is 2.17 bits per heavy atom. The van der Waals surface area contributed by atoms with Crippen molar-refractivity contribution < 1.29 is 0 Å². The zero-order valence-corrected chi connectivity index (χ0v) is 12.9. The summed E-state index contributed by atoms with van der Waals surface area (Å²) < 4.78 is 0. The van der Waals surface area contributed by atoms with E-state index in [-0.39, 0.29) is 5.41 Å². The largest absolute Gasteiger partial charge is 0.228 e. The van der Waals surface area contributed by atoms with Crippen LogP contribution in [0.1, 0.15) is 53.4 Å². The van der Waals surface area contributed by atoms with Crippen LogP contribution >= 0.6 is 12.2 Å². The van der Waals surface area contributed by atoms with Gasteiger partial charge in [0.05, 0.1) is 11.2 Å². The number of rotatable bonds is 2. The average molecular weight is 263 g/mol. The summed E-state index contributed by atoms with van der Waals surface area (Å²) in [4.78, 5) is 4.63. The Morgan fingerprint density at radius 1 is 1.44 bits per heavy atom. The molecule has 0 aromatic rings. The number of thiocarbonyl (C=S) groups is 1. The molecule has 0 aromatic heterocycles. The molecule has 0 radical (unpaired) electrons. The van der Waals surface area contributed by atoms with Gasteiger partial charge in [0.2, 0.25) is 0 Å². The minimum atomic E-state index is 0.267. The molecule has 0 unspecified atom stereocenters. The second-order valence-electron chi connectivity index (χ2n) is 6.65. The molecule has 1 spiro atoms. The average Bonchev–Trinajstić information content (AvgIpc) is 2.69. The van der Waals surface area contributed by atoms with Gasteiger partial charge in [0.15, 0.2) is 0 Å². The van der Waals surface area contributed by atoms with E-state index in [1.165, 1.54) is 31.3 Å². The fourth-order valence-electron chi connectivity index (χ4n) is 4.17. The first-order valence-corrected chi connectivity index (χ1v) is 7.67. The molecule has 0 N–H and O–H groups in total. The Hall–Kier alpha value is -0.460. The molecule has 18 heavy (non-hydrogen) atoms. The topological polar surface area (TPSA) is 12.4 Å². The minimum Gasteiger partial charge on any atom is -0.228 e. The van der Waals surface area contributed by atoms with Crippen LogP contribution in [0.15, 0.2) is 16.6 Å². The lowest BCUT2D eigenvalue weighted by molar-refractivity contribution is 0.0647. The molecule has 1 fully saturated rings. The van der Waals surface area contributed by atoms with Gasteiger partial charge in [-0.1, -0.05) is 32.4 Å². The highest BCUT2D eigenvalue weighted by Crippen LogP contribution is 2.54. The van der Waals surface area contributed by atoms with Gasteiger partial charge < -0.3 is 0 Å². The molecular weight excluding hydrogens is 238 g/mol. The van der Waals surface area contributed by atoms with Crippen LogP contribution in [0.4, 0.5) is 0 Å². The van der Waals surface area contributed by atoms with Crippen molar-refractivity contribution in [3.05, 3.63) is 11.6 Å². The van der Waals surface area contributed by atoms with E-state index in [0.29, 0.717) is 17.9 Å². The van der Waals surface area contributed by atoms with E-state index in [1.807, 2.05) is 0 Å². The van der Waals surface area contributed by atoms with Crippen LogP contribution in [0.2, 0.25) is 0 Å². The van der Waals surface area contributed by atoms with Crippen LogP contribution in [0.25, 0.3) is 0 Å². The van der Waals surface area contributed by atoms with Gasteiger partial charge in [0, 0.05) is 5.41 Å². The van der Waals surface area contributed by atoms with Gasteiger partial charge in [-0.15, -0.1) is 0 Å². The maximum atomic E-state index is 4.92. The third-order valence-corrected chi connectivity index (χ3v) is 5.43. The van der Waals surface area contributed by atoms with Gasteiger partial charge in [0.25, 0.3) is 0 Å². The monoisotopic (exact) mass is 263 g/mol. The van der Waals surface area contributed by atoms with Gasteiger partial charge >= 0.3 is 0 Å². The maximum absolute atomic E-state index is 4.92. The summed E-state index contributed by atoms with van der Waals surface area (Å²) in [6.45, 7) is 9.31. The van der Waals surface area contributed by atoms with Crippen molar-refractivity contribution in [2.45, 2.75) is 59.4 Å². The van der Waals surface area contributed by atoms with E-state index in [9.17, 15) is 0 Å². The summed E-state index contributed by atoms with van der Waals surface area (Å²) >= 11 is 4.92. The van der Waals surface area contributed by atoms with Crippen molar-refractivity contribution in [2.75, 3.05) is 0 Å². The van der Waals surface area contributed by atoms with Gasteiger partial charge in [-0.05, 0) is 62.6 Å². The lowest BCUT2D eigenvalue weighted by atomic mass is 9.58. The predicted octanol–water partition coefficient (Wildman–Crippen LogP) is 4.89. The zero-order chi connectivity index (χ0) is 13.3. The Bertz CT molecular complexity index is 392. The second-order valence-corrected chi connectivity index (χ2v) is 6.84. The third kappa shape index (κ3) is 2.21. The third-order valence-electron chi connectivity index (χ3n) is 5.32. The Balaban J connectivity index is 2.42. The van der Waals surface area contributed by atoms with Gasteiger partial charge in [-0.2, -0.15) is 0 Å². The standard InChI is InChI=1S/C16H25NS/c1-11(2)14-6-5-13(4)16(15(14)17-10-18)8-7-12(3)9-16/h9,11,13-15H,5-8H2,1-4H3/t13-,14+,15-,16-/m0/s1. The van der Waals surface area contributed by atoms with Crippen molar-refractivity contribution in [3.63, 3.8) is 0 Å². The molecule has 0 amide bonds. The van der Waals surface area contributed by atoms with E-state index in [2.05, 4.69) is 43.9 Å². The van der Waals surface area contributed by atoms with E-state index in [0.717, 1.165) is 5.92 Å². The molecule has 2 rings (SSSR count). The maximum Gasteiger partial charge on any atom is 0.0726 e. The quantitative estimate of drug-likeness (QED) is 0.393. The molecule has 0 heterocycles. The van der Waals surface area contributed by atoms with Crippen molar-refractivity contribution in [3.8, 4) is 0 Å². The van der Waals surface area contributed by atoms with Gasteiger partial charge in [-0.25, -0.2) is 4.99 Å². The molecule has 0 bridgehead atoms. The Labute approximate surface area is 117 Å². The predicted molar refractivity (Wildman–Crippen MR) is 81.0 cm³/mol. The summed E-state index contributed by atoms with van der Waals surface area (Å²) in [5.74, 6) is 2.07. The summed E-state index contributed by atoms with van der Waals surface area (Å²) in [5.41, 5.74) is 1.80. The highest BCUT2D eigenvalue weighted by atomic mass is 32.1. The normalized spacial score (nSPS) is 39.8. The molecule has 0 aliphatic heterocycles. The lowest BCUT2D eigenvalue weighted by Gasteiger charge is -2.48. The first kappa shape index (κ1) is 14.0. The second kappa shape index (κ2) is 5.27. The SMILES string of the molecule is CC1=C[C@@]2(CC1)[C@@H](C)CC[C@H](C(C)C)[C@@H]2N=C=S. The minimum absolute atomic E-state index is 0.267. The van der Waals surface area contributed by atoms with E-state index in [1.54, 1.807) is 0 Å². The summed E-state index contributed by atoms with van der Waals surface area (Å²) in [6.07, 6.45) is 7.63. The van der Waals surface area contributed by atoms with Crippen LogP contribution in [-0.2, 0) is 0 Å². The van der Waals surface area contributed by atoms with Crippen LogP contribution in [-0.4, -0.2) is 11.2 Å². The lowest BCUT2D eigenvalue weighted by Crippen LogP contribution is -2.47. The zero-order valence-electron chi connectivity index (χ0n) is 12.1. The molecule has 0 aromatic carbocycles. The Morgan fingerprint density at radius 3 is 2.67 bits per heavy atom. The number of isothiocyanates is 1. The number of nitrogens with zero attached hydrogens (tertiary/aromatic N) is 1.